The third kappa shape index (κ3) is 5.51. The molecule has 27 heavy (non-hydrogen) atoms. The van der Waals surface area contributed by atoms with Crippen LogP contribution in [0, 0.1) is 12.8 Å². The molecule has 1 N–H and O–H groups in total. The summed E-state index contributed by atoms with van der Waals surface area (Å²) in [5.41, 5.74) is 2.37. The summed E-state index contributed by atoms with van der Waals surface area (Å²) in [5.74, 6) is -0.389. The second kappa shape index (κ2) is 9.67. The summed E-state index contributed by atoms with van der Waals surface area (Å²) in [6.07, 6.45) is 6.37. The highest BCUT2D eigenvalue weighted by Crippen LogP contribution is 2.21. The van der Waals surface area contributed by atoms with E-state index in [1.165, 1.54) is 6.20 Å². The molecule has 5 heteroatoms. The molecule has 1 amide bonds. The number of pyridine rings is 1. The molecular formula is C22H26N2O3. The number of carbonyl (C=O) groups excluding carboxylic acids is 2. The number of nitrogens with one attached hydrogen (secondary N) is 1. The zero-order valence-corrected chi connectivity index (χ0v) is 16.1. The molecule has 0 fully saturated rings. The summed E-state index contributed by atoms with van der Waals surface area (Å²) in [6.45, 7) is 9.50. The standard InChI is InChI=1S/C22H26N2O3/c1-5-8-17-10-11-19(16(4)13-17)27-22(26)20(15(3)6-2)24-21(25)18-9-7-12-23-14-18/h5,7,9-15,20H,1,6,8H2,2-4H3,(H,24,25). The van der Waals surface area contributed by atoms with E-state index in [1.807, 2.05) is 39.0 Å². The molecule has 2 unspecified atom stereocenters. The van der Waals surface area contributed by atoms with Crippen LogP contribution in [0.15, 0.2) is 55.4 Å². The van der Waals surface area contributed by atoms with E-state index in [0.717, 1.165) is 24.0 Å². The van der Waals surface area contributed by atoms with Crippen molar-refractivity contribution in [3.63, 3.8) is 0 Å². The molecule has 0 saturated heterocycles. The van der Waals surface area contributed by atoms with Gasteiger partial charge in [0.25, 0.3) is 5.91 Å². The van der Waals surface area contributed by atoms with E-state index in [-0.39, 0.29) is 11.8 Å². The van der Waals surface area contributed by atoms with Crippen LogP contribution in [-0.4, -0.2) is 22.9 Å². The minimum Gasteiger partial charge on any atom is -0.425 e. The highest BCUT2D eigenvalue weighted by atomic mass is 16.5. The van der Waals surface area contributed by atoms with Crippen LogP contribution in [0.5, 0.6) is 5.75 Å². The number of hydrogen-bond acceptors (Lipinski definition) is 4. The summed E-state index contributed by atoms with van der Waals surface area (Å²) in [7, 11) is 0. The van der Waals surface area contributed by atoms with E-state index in [4.69, 9.17) is 4.74 Å². The van der Waals surface area contributed by atoms with Crippen LogP contribution in [0.2, 0.25) is 0 Å². The van der Waals surface area contributed by atoms with E-state index in [0.29, 0.717) is 11.3 Å². The first-order valence-electron chi connectivity index (χ1n) is 9.09. The number of rotatable bonds is 8. The fourth-order valence-electron chi connectivity index (χ4n) is 2.68. The predicted molar refractivity (Wildman–Crippen MR) is 106 cm³/mol. The van der Waals surface area contributed by atoms with Crippen molar-refractivity contribution in [2.24, 2.45) is 5.92 Å². The van der Waals surface area contributed by atoms with Crippen molar-refractivity contribution < 1.29 is 14.3 Å². The first kappa shape index (κ1) is 20.4. The molecule has 2 aromatic rings. The van der Waals surface area contributed by atoms with Crippen molar-refractivity contribution in [2.45, 2.75) is 39.7 Å². The Bertz CT molecular complexity index is 802. The first-order chi connectivity index (χ1) is 13.0. The Morgan fingerprint density at radius 2 is 2.11 bits per heavy atom. The second-order valence-electron chi connectivity index (χ2n) is 6.59. The molecule has 2 atom stereocenters. The molecule has 0 aliphatic heterocycles. The maximum absolute atomic E-state index is 12.8. The zero-order valence-electron chi connectivity index (χ0n) is 16.1. The number of aromatic nitrogens is 1. The van der Waals surface area contributed by atoms with Gasteiger partial charge in [-0.3, -0.25) is 9.78 Å². The molecule has 1 aromatic heterocycles. The summed E-state index contributed by atoms with van der Waals surface area (Å²) in [4.78, 5) is 29.2. The third-order valence-electron chi connectivity index (χ3n) is 4.51. The first-order valence-corrected chi connectivity index (χ1v) is 9.09. The van der Waals surface area contributed by atoms with Crippen molar-refractivity contribution in [1.29, 1.82) is 0 Å². The van der Waals surface area contributed by atoms with E-state index in [9.17, 15) is 9.59 Å². The normalized spacial score (nSPS) is 12.7. The fourth-order valence-corrected chi connectivity index (χ4v) is 2.68. The van der Waals surface area contributed by atoms with Crippen LogP contribution in [0.4, 0.5) is 0 Å². The van der Waals surface area contributed by atoms with Crippen molar-refractivity contribution in [3.05, 3.63) is 72.1 Å². The van der Waals surface area contributed by atoms with E-state index < -0.39 is 12.0 Å². The second-order valence-corrected chi connectivity index (χ2v) is 6.59. The van der Waals surface area contributed by atoms with Gasteiger partial charge in [-0.05, 0) is 48.6 Å². The van der Waals surface area contributed by atoms with Gasteiger partial charge in [0.2, 0.25) is 0 Å². The summed E-state index contributed by atoms with van der Waals surface area (Å²) < 4.78 is 5.61. The van der Waals surface area contributed by atoms with Gasteiger partial charge in [-0.15, -0.1) is 6.58 Å². The van der Waals surface area contributed by atoms with E-state index >= 15 is 0 Å². The lowest BCUT2D eigenvalue weighted by molar-refractivity contribution is -0.137. The smallest absolute Gasteiger partial charge is 0.334 e. The van der Waals surface area contributed by atoms with Gasteiger partial charge in [0.05, 0.1) is 5.56 Å². The number of benzene rings is 1. The minimum atomic E-state index is -0.741. The maximum Gasteiger partial charge on any atom is 0.334 e. The van der Waals surface area contributed by atoms with E-state index in [1.54, 1.807) is 24.4 Å². The molecular weight excluding hydrogens is 340 g/mol. The van der Waals surface area contributed by atoms with Crippen molar-refractivity contribution in [2.75, 3.05) is 0 Å². The average Bonchev–Trinajstić information content (AvgIpc) is 2.68. The van der Waals surface area contributed by atoms with Gasteiger partial charge >= 0.3 is 5.97 Å². The van der Waals surface area contributed by atoms with Gasteiger partial charge < -0.3 is 10.1 Å². The lowest BCUT2D eigenvalue weighted by Gasteiger charge is -2.23. The van der Waals surface area contributed by atoms with Crippen molar-refractivity contribution in [3.8, 4) is 5.75 Å². The number of amides is 1. The average molecular weight is 366 g/mol. The monoisotopic (exact) mass is 366 g/mol. The van der Waals surface area contributed by atoms with Crippen LogP contribution in [0.3, 0.4) is 0 Å². The predicted octanol–water partition coefficient (Wildman–Crippen LogP) is 3.87. The van der Waals surface area contributed by atoms with Gasteiger partial charge in [0.1, 0.15) is 11.8 Å². The van der Waals surface area contributed by atoms with Gasteiger partial charge in [-0.25, -0.2) is 4.79 Å². The molecule has 0 aliphatic rings. The Labute approximate surface area is 160 Å². The largest absolute Gasteiger partial charge is 0.425 e. The van der Waals surface area contributed by atoms with Gasteiger partial charge in [0, 0.05) is 12.4 Å². The number of carbonyl (C=O) groups is 2. The van der Waals surface area contributed by atoms with Crippen LogP contribution < -0.4 is 10.1 Å². The van der Waals surface area contributed by atoms with Crippen molar-refractivity contribution in [1.82, 2.24) is 10.3 Å². The van der Waals surface area contributed by atoms with Gasteiger partial charge in [-0.2, -0.15) is 0 Å². The molecule has 0 aliphatic carbocycles. The molecule has 0 spiro atoms. The topological polar surface area (TPSA) is 68.3 Å². The van der Waals surface area contributed by atoms with Crippen LogP contribution in [-0.2, 0) is 11.2 Å². The summed E-state index contributed by atoms with van der Waals surface area (Å²) in [6, 6.07) is 8.25. The number of esters is 1. The molecule has 0 radical (unpaired) electrons. The zero-order chi connectivity index (χ0) is 19.8. The Kier molecular flexibility index (Phi) is 7.29. The van der Waals surface area contributed by atoms with Gasteiger partial charge in [-0.1, -0.05) is 38.5 Å². The molecule has 1 heterocycles. The third-order valence-corrected chi connectivity index (χ3v) is 4.51. The van der Waals surface area contributed by atoms with Crippen LogP contribution in [0.25, 0.3) is 0 Å². The number of allylic oxidation sites excluding steroid dienone is 1. The summed E-state index contributed by atoms with van der Waals surface area (Å²) >= 11 is 0. The molecule has 0 saturated carbocycles. The summed E-state index contributed by atoms with van der Waals surface area (Å²) in [5, 5.41) is 2.79. The van der Waals surface area contributed by atoms with E-state index in [2.05, 4.69) is 16.9 Å². The number of ether oxygens (including phenoxy) is 1. The quantitative estimate of drug-likeness (QED) is 0.437. The highest BCUT2D eigenvalue weighted by molar-refractivity contribution is 5.96. The Balaban J connectivity index is 2.15. The fraction of sp³-hybridized carbons (Fsp3) is 0.318. The Morgan fingerprint density at radius 3 is 2.70 bits per heavy atom. The SMILES string of the molecule is C=CCc1ccc(OC(=O)C(NC(=O)c2cccnc2)C(C)CC)c(C)c1. The molecule has 142 valence electrons. The number of aryl methyl sites for hydroxylation is 1. The van der Waals surface area contributed by atoms with Gasteiger partial charge in [0.15, 0.2) is 0 Å². The van der Waals surface area contributed by atoms with Crippen molar-refractivity contribution >= 4 is 11.9 Å². The van der Waals surface area contributed by atoms with Crippen LogP contribution >= 0.6 is 0 Å². The number of nitrogens with zero attached hydrogens (tertiary/aromatic N) is 1. The highest BCUT2D eigenvalue weighted by Gasteiger charge is 2.28. The Hall–Kier alpha value is -2.95. The Morgan fingerprint density at radius 1 is 1.33 bits per heavy atom. The molecule has 0 bridgehead atoms. The molecule has 2 rings (SSSR count). The maximum atomic E-state index is 12.8. The lowest BCUT2D eigenvalue weighted by atomic mass is 9.98. The minimum absolute atomic E-state index is 0.0709. The van der Waals surface area contributed by atoms with Crippen LogP contribution in [0.1, 0.15) is 41.8 Å². The number of hydrogen-bond donors (Lipinski definition) is 1. The molecule has 1 aromatic carbocycles. The lowest BCUT2D eigenvalue weighted by Crippen LogP contribution is -2.47. The molecule has 5 nitrogen and oxygen atoms in total.